The Morgan fingerprint density at radius 1 is 1.53 bits per heavy atom. The second kappa shape index (κ2) is 4.73. The van der Waals surface area contributed by atoms with Gasteiger partial charge in [-0.15, -0.1) is 0 Å². The Labute approximate surface area is 118 Å². The minimum absolute atomic E-state index is 0.000888. The highest BCUT2D eigenvalue weighted by atomic mass is 35.5. The number of piperidine rings is 1. The Balaban J connectivity index is 2.37. The first-order valence-electron chi connectivity index (χ1n) is 6.09. The number of hydrogen-bond donors (Lipinski definition) is 1. The van der Waals surface area contributed by atoms with Crippen molar-refractivity contribution in [2.24, 2.45) is 18.2 Å². The lowest BCUT2D eigenvalue weighted by Crippen LogP contribution is -2.54. The molecule has 1 aromatic heterocycles. The van der Waals surface area contributed by atoms with Crippen LogP contribution in [-0.4, -0.2) is 41.6 Å². The smallest absolute Gasteiger partial charge is 0.261 e. The average molecular weight is 307 g/mol. The van der Waals surface area contributed by atoms with Gasteiger partial charge in [-0.1, -0.05) is 25.4 Å². The van der Waals surface area contributed by atoms with Crippen LogP contribution >= 0.6 is 11.6 Å². The molecule has 8 heteroatoms. The fourth-order valence-electron chi connectivity index (χ4n) is 2.34. The highest BCUT2D eigenvalue weighted by Gasteiger charge is 2.40. The van der Waals surface area contributed by atoms with Crippen molar-refractivity contribution in [2.45, 2.75) is 31.3 Å². The van der Waals surface area contributed by atoms with Gasteiger partial charge in [-0.2, -0.15) is 9.40 Å². The number of hydrogen-bond acceptors (Lipinski definition) is 4. The Morgan fingerprint density at radius 2 is 2.16 bits per heavy atom. The van der Waals surface area contributed by atoms with E-state index < -0.39 is 10.0 Å². The van der Waals surface area contributed by atoms with Crippen LogP contribution in [0, 0.1) is 5.41 Å². The van der Waals surface area contributed by atoms with E-state index >= 15 is 0 Å². The van der Waals surface area contributed by atoms with Crippen LogP contribution in [0.2, 0.25) is 5.02 Å². The Hall–Kier alpha value is -0.630. The lowest BCUT2D eigenvalue weighted by atomic mass is 9.81. The number of aryl methyl sites for hydroxylation is 1. The number of nitrogens with zero attached hydrogens (tertiary/aromatic N) is 3. The van der Waals surface area contributed by atoms with Crippen LogP contribution in [0.1, 0.15) is 20.3 Å². The molecular formula is C11H19ClN4O2S. The van der Waals surface area contributed by atoms with Gasteiger partial charge < -0.3 is 5.73 Å². The molecular weight excluding hydrogens is 288 g/mol. The summed E-state index contributed by atoms with van der Waals surface area (Å²) >= 11 is 5.93. The van der Waals surface area contributed by atoms with Gasteiger partial charge in [0.1, 0.15) is 0 Å². The summed E-state index contributed by atoms with van der Waals surface area (Å²) in [5.41, 5.74) is 5.78. The molecule has 2 rings (SSSR count). The lowest BCUT2D eigenvalue weighted by molar-refractivity contribution is 0.155. The predicted octanol–water partition coefficient (Wildman–Crippen LogP) is 0.821. The fraction of sp³-hybridized carbons (Fsp3) is 0.727. The van der Waals surface area contributed by atoms with Gasteiger partial charge in [-0.05, 0) is 11.8 Å². The zero-order chi connectivity index (χ0) is 14.4. The second-order valence-corrected chi connectivity index (χ2v) is 7.90. The minimum Gasteiger partial charge on any atom is -0.327 e. The molecule has 1 aromatic rings. The maximum absolute atomic E-state index is 12.6. The Morgan fingerprint density at radius 3 is 2.63 bits per heavy atom. The summed E-state index contributed by atoms with van der Waals surface area (Å²) in [6, 6.07) is 0.000888. The largest absolute Gasteiger partial charge is 0.327 e. The third-order valence-corrected chi connectivity index (χ3v) is 6.06. The van der Waals surface area contributed by atoms with Gasteiger partial charge in [0.05, 0.1) is 11.2 Å². The number of rotatable bonds is 2. The van der Waals surface area contributed by atoms with Crippen molar-refractivity contribution < 1.29 is 8.42 Å². The molecule has 2 heterocycles. The van der Waals surface area contributed by atoms with Crippen LogP contribution in [0.15, 0.2) is 11.2 Å². The molecule has 1 fully saturated rings. The first-order chi connectivity index (χ1) is 8.66. The van der Waals surface area contributed by atoms with Gasteiger partial charge in [-0.3, -0.25) is 4.68 Å². The van der Waals surface area contributed by atoms with Crippen molar-refractivity contribution in [1.29, 1.82) is 0 Å². The number of aromatic nitrogens is 2. The normalized spacial score (nSPS) is 24.6. The van der Waals surface area contributed by atoms with Crippen molar-refractivity contribution in [2.75, 3.05) is 13.1 Å². The van der Waals surface area contributed by atoms with Gasteiger partial charge in [-0.25, -0.2) is 8.42 Å². The fourth-order valence-corrected chi connectivity index (χ4v) is 4.57. The molecule has 0 aliphatic carbocycles. The molecule has 0 spiro atoms. The van der Waals surface area contributed by atoms with Gasteiger partial charge in [0.15, 0.2) is 5.03 Å². The van der Waals surface area contributed by atoms with Crippen LogP contribution < -0.4 is 5.73 Å². The van der Waals surface area contributed by atoms with Gasteiger partial charge >= 0.3 is 0 Å². The Kier molecular flexibility index (Phi) is 3.68. The predicted molar refractivity (Wildman–Crippen MR) is 73.4 cm³/mol. The summed E-state index contributed by atoms with van der Waals surface area (Å²) in [4.78, 5) is 0. The van der Waals surface area contributed by atoms with E-state index in [1.165, 1.54) is 15.2 Å². The van der Waals surface area contributed by atoms with Gasteiger partial charge in [0, 0.05) is 26.2 Å². The van der Waals surface area contributed by atoms with E-state index in [4.69, 9.17) is 17.3 Å². The van der Waals surface area contributed by atoms with Gasteiger partial charge in [0.25, 0.3) is 10.0 Å². The van der Waals surface area contributed by atoms with Crippen LogP contribution in [-0.2, 0) is 17.1 Å². The molecule has 1 aliphatic heterocycles. The molecule has 6 nitrogen and oxygen atoms in total. The molecule has 0 amide bonds. The molecule has 108 valence electrons. The first kappa shape index (κ1) is 14.8. The molecule has 19 heavy (non-hydrogen) atoms. The Bertz CT molecular complexity index is 562. The number of sulfonamides is 1. The summed E-state index contributed by atoms with van der Waals surface area (Å²) in [6.45, 7) is 4.75. The summed E-state index contributed by atoms with van der Waals surface area (Å²) in [7, 11) is -2.06. The number of halogens is 1. The van der Waals surface area contributed by atoms with Gasteiger partial charge in [0.2, 0.25) is 0 Å². The van der Waals surface area contributed by atoms with Crippen LogP contribution in [0.5, 0.6) is 0 Å². The first-order valence-corrected chi connectivity index (χ1v) is 7.91. The van der Waals surface area contributed by atoms with E-state index in [0.29, 0.717) is 19.5 Å². The number of nitrogens with two attached hydrogens (primary N) is 1. The molecule has 1 atom stereocenters. The minimum atomic E-state index is -3.63. The van der Waals surface area contributed by atoms with Crippen molar-refractivity contribution in [3.05, 3.63) is 11.2 Å². The third kappa shape index (κ3) is 2.52. The molecule has 1 saturated heterocycles. The summed E-state index contributed by atoms with van der Waals surface area (Å²) < 4.78 is 28.0. The zero-order valence-corrected chi connectivity index (χ0v) is 12.9. The lowest BCUT2D eigenvalue weighted by Gasteiger charge is -2.41. The third-order valence-electron chi connectivity index (χ3n) is 3.70. The van der Waals surface area contributed by atoms with E-state index in [2.05, 4.69) is 5.10 Å². The summed E-state index contributed by atoms with van der Waals surface area (Å²) in [6.07, 6.45) is 1.98. The monoisotopic (exact) mass is 306 g/mol. The quantitative estimate of drug-likeness (QED) is 0.877. The van der Waals surface area contributed by atoms with E-state index in [0.717, 1.165) is 0 Å². The average Bonchev–Trinajstić information content (AvgIpc) is 2.62. The van der Waals surface area contributed by atoms with E-state index in [9.17, 15) is 8.42 Å². The van der Waals surface area contributed by atoms with Crippen LogP contribution in [0.4, 0.5) is 0 Å². The molecule has 0 bridgehead atoms. The maximum Gasteiger partial charge on any atom is 0.261 e. The second-order valence-electron chi connectivity index (χ2n) is 5.64. The van der Waals surface area contributed by atoms with E-state index in [1.807, 2.05) is 13.8 Å². The standard InChI is InChI=1S/C11H19ClN4O2S/c1-11(2)7-16(5-4-9(11)13)19(17,18)10-8(12)6-14-15(10)3/h6,9H,4-5,7,13H2,1-3H3. The van der Waals surface area contributed by atoms with Crippen molar-refractivity contribution in [3.8, 4) is 0 Å². The molecule has 1 unspecified atom stereocenters. The SMILES string of the molecule is Cn1ncc(Cl)c1S(=O)(=O)N1CCC(N)C(C)(C)C1. The van der Waals surface area contributed by atoms with Crippen LogP contribution in [0.3, 0.4) is 0 Å². The van der Waals surface area contributed by atoms with Crippen molar-refractivity contribution in [1.82, 2.24) is 14.1 Å². The highest BCUT2D eigenvalue weighted by Crippen LogP contribution is 2.32. The van der Waals surface area contributed by atoms with Crippen molar-refractivity contribution >= 4 is 21.6 Å². The van der Waals surface area contributed by atoms with Crippen molar-refractivity contribution in [3.63, 3.8) is 0 Å². The van der Waals surface area contributed by atoms with Crippen LogP contribution in [0.25, 0.3) is 0 Å². The zero-order valence-electron chi connectivity index (χ0n) is 11.3. The molecule has 2 N–H and O–H groups in total. The van der Waals surface area contributed by atoms with E-state index in [-0.39, 0.29) is 21.5 Å². The molecule has 0 saturated carbocycles. The summed E-state index contributed by atoms with van der Waals surface area (Å²) in [5, 5.41) is 4.07. The molecule has 0 radical (unpaired) electrons. The molecule has 0 aromatic carbocycles. The van der Waals surface area contributed by atoms with E-state index in [1.54, 1.807) is 7.05 Å². The molecule has 1 aliphatic rings. The highest BCUT2D eigenvalue weighted by molar-refractivity contribution is 7.89. The summed E-state index contributed by atoms with van der Waals surface area (Å²) in [5.74, 6) is 0. The maximum atomic E-state index is 12.6. The topological polar surface area (TPSA) is 81.2 Å².